The first-order chi connectivity index (χ1) is 10.1. The van der Waals surface area contributed by atoms with Crippen LogP contribution in [0.25, 0.3) is 11.0 Å². The zero-order chi connectivity index (χ0) is 15.0. The summed E-state index contributed by atoms with van der Waals surface area (Å²) >= 11 is 0. The van der Waals surface area contributed by atoms with Crippen molar-refractivity contribution in [3.63, 3.8) is 0 Å². The van der Waals surface area contributed by atoms with E-state index < -0.39 is 0 Å². The molecule has 2 unspecified atom stereocenters. The Balaban J connectivity index is 1.86. The zero-order valence-corrected chi connectivity index (χ0v) is 12.9. The van der Waals surface area contributed by atoms with Gasteiger partial charge in [0.05, 0.1) is 12.5 Å². The number of rotatable bonds is 3. The van der Waals surface area contributed by atoms with Gasteiger partial charge in [-0.05, 0) is 44.7 Å². The van der Waals surface area contributed by atoms with Crippen molar-refractivity contribution in [2.45, 2.75) is 40.0 Å². The van der Waals surface area contributed by atoms with Crippen molar-refractivity contribution in [3.05, 3.63) is 35.1 Å². The van der Waals surface area contributed by atoms with E-state index in [9.17, 15) is 4.79 Å². The first-order valence-corrected chi connectivity index (χ1v) is 7.77. The van der Waals surface area contributed by atoms with Crippen LogP contribution in [0, 0.1) is 18.8 Å². The van der Waals surface area contributed by atoms with Gasteiger partial charge in [-0.3, -0.25) is 4.79 Å². The number of fused-ring (bicyclic) bond motifs is 3. The molecule has 1 heterocycles. The minimum atomic E-state index is -0.0853. The van der Waals surface area contributed by atoms with Crippen LogP contribution in [0.1, 0.15) is 37.2 Å². The van der Waals surface area contributed by atoms with Gasteiger partial charge in [-0.2, -0.15) is 0 Å². The average molecular weight is 286 g/mol. The number of esters is 1. The van der Waals surface area contributed by atoms with Crippen LogP contribution < -0.4 is 0 Å². The molecule has 0 saturated carbocycles. The fourth-order valence-corrected chi connectivity index (χ4v) is 3.32. The van der Waals surface area contributed by atoms with E-state index in [-0.39, 0.29) is 11.9 Å². The van der Waals surface area contributed by atoms with Gasteiger partial charge in [0.25, 0.3) is 0 Å². The van der Waals surface area contributed by atoms with E-state index in [1.54, 1.807) is 0 Å². The topological polar surface area (TPSA) is 39.4 Å². The van der Waals surface area contributed by atoms with E-state index in [2.05, 4.69) is 19.1 Å². The third-order valence-corrected chi connectivity index (χ3v) is 4.61. The summed E-state index contributed by atoms with van der Waals surface area (Å²) < 4.78 is 11.2. The maximum atomic E-state index is 11.9. The van der Waals surface area contributed by atoms with Crippen LogP contribution in [0.4, 0.5) is 0 Å². The van der Waals surface area contributed by atoms with Crippen LogP contribution in [0.15, 0.2) is 22.6 Å². The summed E-state index contributed by atoms with van der Waals surface area (Å²) in [5.41, 5.74) is 3.56. The second-order valence-electron chi connectivity index (χ2n) is 6.05. The van der Waals surface area contributed by atoms with E-state index in [0.29, 0.717) is 12.5 Å². The largest absolute Gasteiger partial charge is 0.466 e. The number of hydrogen-bond donors (Lipinski definition) is 0. The summed E-state index contributed by atoms with van der Waals surface area (Å²) in [6, 6.07) is 6.33. The van der Waals surface area contributed by atoms with Gasteiger partial charge >= 0.3 is 5.97 Å². The molecule has 0 saturated heterocycles. The molecular formula is C18H22O3. The molecule has 0 amide bonds. The Kier molecular flexibility index (Phi) is 3.75. The van der Waals surface area contributed by atoms with Crippen LogP contribution in [-0.4, -0.2) is 12.6 Å². The van der Waals surface area contributed by atoms with Crippen LogP contribution in [0.2, 0.25) is 0 Å². The normalized spacial score (nSPS) is 19.3. The van der Waals surface area contributed by atoms with Crippen molar-refractivity contribution < 1.29 is 13.9 Å². The van der Waals surface area contributed by atoms with Crippen molar-refractivity contribution in [1.82, 2.24) is 0 Å². The second kappa shape index (κ2) is 5.55. The Bertz CT molecular complexity index is 668. The summed E-state index contributed by atoms with van der Waals surface area (Å²) in [4.78, 5) is 11.9. The monoisotopic (exact) mass is 286 g/mol. The molecule has 0 spiro atoms. The highest BCUT2D eigenvalue weighted by molar-refractivity contribution is 5.83. The molecule has 3 heteroatoms. The van der Waals surface area contributed by atoms with Crippen molar-refractivity contribution in [3.8, 4) is 0 Å². The number of carbonyl (C=O) groups excluding carboxylic acids is 1. The lowest BCUT2D eigenvalue weighted by molar-refractivity contribution is -0.149. The van der Waals surface area contributed by atoms with Crippen LogP contribution >= 0.6 is 0 Å². The Labute approximate surface area is 125 Å². The minimum absolute atomic E-state index is 0.0620. The molecule has 2 aromatic rings. The number of benzene rings is 1. The maximum absolute atomic E-state index is 11.9. The summed E-state index contributed by atoms with van der Waals surface area (Å²) in [5.74, 6) is 1.23. The molecule has 112 valence electrons. The fourth-order valence-electron chi connectivity index (χ4n) is 3.32. The average Bonchev–Trinajstić information content (AvgIpc) is 2.83. The van der Waals surface area contributed by atoms with Gasteiger partial charge in [0, 0.05) is 17.4 Å². The molecule has 3 rings (SSSR count). The highest BCUT2D eigenvalue weighted by Crippen LogP contribution is 2.37. The molecule has 3 nitrogen and oxygen atoms in total. The summed E-state index contributed by atoms with van der Waals surface area (Å²) in [7, 11) is 0. The lowest BCUT2D eigenvalue weighted by Crippen LogP contribution is -2.27. The van der Waals surface area contributed by atoms with Gasteiger partial charge in [0.15, 0.2) is 0 Å². The molecule has 0 bridgehead atoms. The van der Waals surface area contributed by atoms with Crippen molar-refractivity contribution >= 4 is 16.9 Å². The molecule has 1 aliphatic rings. The SMILES string of the molecule is CCOC(=O)C(C)C1CCc2c(oc3ccc(C)cc23)C1. The first-order valence-electron chi connectivity index (χ1n) is 7.77. The molecule has 0 N–H and O–H groups in total. The van der Waals surface area contributed by atoms with Crippen LogP contribution in [0.3, 0.4) is 0 Å². The van der Waals surface area contributed by atoms with Crippen LogP contribution in [0.5, 0.6) is 0 Å². The molecule has 0 fully saturated rings. The maximum Gasteiger partial charge on any atom is 0.308 e. The Morgan fingerprint density at radius 1 is 1.48 bits per heavy atom. The van der Waals surface area contributed by atoms with E-state index in [1.165, 1.54) is 16.5 Å². The number of carbonyl (C=O) groups is 1. The molecule has 2 atom stereocenters. The molecule has 21 heavy (non-hydrogen) atoms. The van der Waals surface area contributed by atoms with E-state index in [1.807, 2.05) is 19.9 Å². The van der Waals surface area contributed by atoms with Gasteiger partial charge in [0.2, 0.25) is 0 Å². The number of hydrogen-bond acceptors (Lipinski definition) is 3. The number of aryl methyl sites for hydroxylation is 2. The minimum Gasteiger partial charge on any atom is -0.466 e. The van der Waals surface area contributed by atoms with E-state index in [4.69, 9.17) is 9.15 Å². The molecule has 1 aliphatic carbocycles. The molecular weight excluding hydrogens is 264 g/mol. The Hall–Kier alpha value is -1.77. The number of furan rings is 1. The third-order valence-electron chi connectivity index (χ3n) is 4.61. The third kappa shape index (κ3) is 2.57. The van der Waals surface area contributed by atoms with Crippen molar-refractivity contribution in [2.24, 2.45) is 11.8 Å². The van der Waals surface area contributed by atoms with Gasteiger partial charge in [-0.1, -0.05) is 18.6 Å². The van der Waals surface area contributed by atoms with Gasteiger partial charge in [-0.15, -0.1) is 0 Å². The fraction of sp³-hybridized carbons (Fsp3) is 0.500. The van der Waals surface area contributed by atoms with E-state index in [0.717, 1.165) is 30.6 Å². The Morgan fingerprint density at radius 3 is 3.05 bits per heavy atom. The van der Waals surface area contributed by atoms with Gasteiger partial charge in [0.1, 0.15) is 11.3 Å². The quantitative estimate of drug-likeness (QED) is 0.799. The molecule has 1 aromatic carbocycles. The molecule has 0 aliphatic heterocycles. The standard InChI is InChI=1S/C18H22O3/c1-4-20-18(19)12(3)13-6-7-14-15-9-11(2)5-8-16(15)21-17(14)10-13/h5,8-9,12-13H,4,6-7,10H2,1-3H3. The van der Waals surface area contributed by atoms with Gasteiger partial charge < -0.3 is 9.15 Å². The summed E-state index contributed by atoms with van der Waals surface area (Å²) in [5, 5.41) is 1.24. The van der Waals surface area contributed by atoms with E-state index >= 15 is 0 Å². The summed E-state index contributed by atoms with van der Waals surface area (Å²) in [6.07, 6.45) is 2.85. The highest BCUT2D eigenvalue weighted by Gasteiger charge is 2.31. The van der Waals surface area contributed by atoms with Gasteiger partial charge in [-0.25, -0.2) is 0 Å². The lowest BCUT2D eigenvalue weighted by Gasteiger charge is -2.25. The predicted octanol–water partition coefficient (Wildman–Crippen LogP) is 4.05. The smallest absolute Gasteiger partial charge is 0.308 e. The molecule has 1 aromatic heterocycles. The van der Waals surface area contributed by atoms with Crippen molar-refractivity contribution in [2.75, 3.05) is 6.61 Å². The molecule has 0 radical (unpaired) electrons. The summed E-state index contributed by atoms with van der Waals surface area (Å²) in [6.45, 7) is 6.38. The highest BCUT2D eigenvalue weighted by atomic mass is 16.5. The Morgan fingerprint density at radius 2 is 2.29 bits per heavy atom. The lowest BCUT2D eigenvalue weighted by atomic mass is 9.80. The zero-order valence-electron chi connectivity index (χ0n) is 12.9. The first kappa shape index (κ1) is 14.2. The van der Waals surface area contributed by atoms with Crippen LogP contribution in [-0.2, 0) is 22.4 Å². The second-order valence-corrected chi connectivity index (χ2v) is 6.05. The van der Waals surface area contributed by atoms with Crippen molar-refractivity contribution in [1.29, 1.82) is 0 Å². The predicted molar refractivity (Wildman–Crippen MR) is 82.3 cm³/mol. The number of ether oxygens (including phenoxy) is 1.